The number of nitrogens with zero attached hydrogens (tertiary/aromatic N) is 3. The molecule has 0 radical (unpaired) electrons. The third-order valence-electron chi connectivity index (χ3n) is 4.83. The Morgan fingerprint density at radius 2 is 2.04 bits per heavy atom. The molecule has 25 heavy (non-hydrogen) atoms. The molecule has 1 aliphatic heterocycles. The van der Waals surface area contributed by atoms with Gasteiger partial charge in [-0.1, -0.05) is 6.07 Å². The van der Waals surface area contributed by atoms with Crippen LogP contribution >= 0.6 is 0 Å². The number of halogens is 2. The molecule has 3 heterocycles. The Hall–Kier alpha value is -2.51. The molecule has 0 aromatic carbocycles. The fourth-order valence-corrected chi connectivity index (χ4v) is 3.49. The van der Waals surface area contributed by atoms with Crippen LogP contribution in [-0.4, -0.2) is 32.8 Å². The maximum atomic E-state index is 13.4. The summed E-state index contributed by atoms with van der Waals surface area (Å²) in [6, 6.07) is 5.51. The summed E-state index contributed by atoms with van der Waals surface area (Å²) in [7, 11) is 0. The van der Waals surface area contributed by atoms with Gasteiger partial charge in [0.15, 0.2) is 0 Å². The van der Waals surface area contributed by atoms with Gasteiger partial charge in [-0.15, -0.1) is 0 Å². The maximum absolute atomic E-state index is 13.4. The molecule has 132 valence electrons. The molecule has 2 aliphatic rings. The molecule has 2 aromatic heterocycles. The predicted molar refractivity (Wildman–Crippen MR) is 87.5 cm³/mol. The number of rotatable bonds is 3. The van der Waals surface area contributed by atoms with E-state index in [0.717, 1.165) is 5.69 Å². The fraction of sp³-hybridized carbons (Fsp3) is 0.471. The summed E-state index contributed by atoms with van der Waals surface area (Å²) in [5.41, 5.74) is 1.31. The zero-order valence-corrected chi connectivity index (χ0v) is 13.6. The molecule has 1 atom stereocenters. The second kappa shape index (κ2) is 6.09. The summed E-state index contributed by atoms with van der Waals surface area (Å²) in [5, 5.41) is 10.5. The zero-order chi connectivity index (χ0) is 17.4. The maximum Gasteiger partial charge on any atom is 0.258 e. The Morgan fingerprint density at radius 3 is 2.76 bits per heavy atom. The minimum Gasteiger partial charge on any atom is -0.349 e. The Balaban J connectivity index is 1.54. The molecule has 2 N–H and O–H groups in total. The third kappa shape index (κ3) is 3.20. The van der Waals surface area contributed by atoms with Crippen LogP contribution in [0.1, 0.15) is 47.8 Å². The van der Waals surface area contributed by atoms with Crippen LogP contribution in [0, 0.1) is 0 Å². The molecule has 2 aromatic rings. The van der Waals surface area contributed by atoms with E-state index in [1.165, 1.54) is 6.20 Å². The number of anilines is 1. The van der Waals surface area contributed by atoms with Crippen molar-refractivity contribution in [2.45, 2.75) is 50.2 Å². The second-order valence-electron chi connectivity index (χ2n) is 6.63. The lowest BCUT2D eigenvalue weighted by atomic mass is 9.92. The van der Waals surface area contributed by atoms with E-state index in [1.807, 2.05) is 18.2 Å². The lowest BCUT2D eigenvalue weighted by molar-refractivity contribution is -0.0448. The van der Waals surface area contributed by atoms with E-state index in [9.17, 15) is 13.6 Å². The molecule has 1 aliphatic carbocycles. The van der Waals surface area contributed by atoms with Crippen LogP contribution in [0.25, 0.3) is 0 Å². The molecule has 1 saturated carbocycles. The monoisotopic (exact) mass is 347 g/mol. The topological polar surface area (TPSA) is 71.8 Å². The van der Waals surface area contributed by atoms with Crippen LogP contribution in [0.2, 0.25) is 0 Å². The second-order valence-corrected chi connectivity index (χ2v) is 6.63. The highest BCUT2D eigenvalue weighted by atomic mass is 19.3. The van der Waals surface area contributed by atoms with Crippen molar-refractivity contribution in [3.63, 3.8) is 0 Å². The van der Waals surface area contributed by atoms with E-state index in [-0.39, 0.29) is 31.0 Å². The summed E-state index contributed by atoms with van der Waals surface area (Å²) < 4.78 is 28.5. The number of amides is 1. The average molecular weight is 347 g/mol. The quantitative estimate of drug-likeness (QED) is 0.896. The first kappa shape index (κ1) is 16.0. The molecule has 1 amide bonds. The van der Waals surface area contributed by atoms with E-state index < -0.39 is 5.92 Å². The molecule has 0 spiro atoms. The highest BCUT2D eigenvalue weighted by Crippen LogP contribution is 2.40. The van der Waals surface area contributed by atoms with Crippen molar-refractivity contribution in [2.24, 2.45) is 0 Å². The number of carbonyl (C=O) groups is 1. The van der Waals surface area contributed by atoms with Crippen molar-refractivity contribution in [1.29, 1.82) is 0 Å². The van der Waals surface area contributed by atoms with Gasteiger partial charge >= 0.3 is 0 Å². The van der Waals surface area contributed by atoms with Gasteiger partial charge in [0.2, 0.25) is 5.92 Å². The summed E-state index contributed by atoms with van der Waals surface area (Å²) in [5.74, 6) is -2.18. The lowest BCUT2D eigenvalue weighted by Crippen LogP contribution is -2.47. The van der Waals surface area contributed by atoms with Crippen LogP contribution in [0.4, 0.5) is 14.6 Å². The normalized spacial score (nSPS) is 22.8. The first-order chi connectivity index (χ1) is 12.0. The van der Waals surface area contributed by atoms with E-state index in [0.29, 0.717) is 30.6 Å². The zero-order valence-electron chi connectivity index (χ0n) is 13.6. The Morgan fingerprint density at radius 1 is 1.24 bits per heavy atom. The molecule has 8 heteroatoms. The Labute approximate surface area is 143 Å². The molecule has 0 bridgehead atoms. The number of carbonyl (C=O) groups excluding carboxylic acids is 1. The Bertz CT molecular complexity index is 767. The van der Waals surface area contributed by atoms with Crippen molar-refractivity contribution in [3.05, 3.63) is 41.9 Å². The van der Waals surface area contributed by atoms with Crippen LogP contribution in [-0.2, 0) is 6.42 Å². The summed E-state index contributed by atoms with van der Waals surface area (Å²) in [6.07, 6.45) is 3.85. The van der Waals surface area contributed by atoms with Gasteiger partial charge in [-0.3, -0.25) is 9.78 Å². The van der Waals surface area contributed by atoms with Gasteiger partial charge in [0.25, 0.3) is 5.91 Å². The molecule has 0 saturated heterocycles. The summed E-state index contributed by atoms with van der Waals surface area (Å²) in [6.45, 7) is 0. The standard InChI is InChI=1S/C17H19F2N5O/c18-17(19)6-4-12(5-7-17)24-15-13(10-21-24)16(25)23-14(22-15)9-11-3-1-2-8-20-11/h1-3,8,10,12,14,22H,4-7,9H2,(H,23,25). The average Bonchev–Trinajstić information content (AvgIpc) is 3.00. The smallest absolute Gasteiger partial charge is 0.258 e. The van der Waals surface area contributed by atoms with E-state index in [4.69, 9.17) is 0 Å². The Kier molecular flexibility index (Phi) is 3.89. The van der Waals surface area contributed by atoms with E-state index in [1.54, 1.807) is 10.9 Å². The van der Waals surface area contributed by atoms with Gasteiger partial charge < -0.3 is 10.6 Å². The number of pyridine rings is 1. The van der Waals surface area contributed by atoms with Crippen LogP contribution in [0.5, 0.6) is 0 Å². The summed E-state index contributed by atoms with van der Waals surface area (Å²) >= 11 is 0. The van der Waals surface area contributed by atoms with Crippen LogP contribution in [0.3, 0.4) is 0 Å². The number of hydrogen-bond acceptors (Lipinski definition) is 4. The third-order valence-corrected chi connectivity index (χ3v) is 4.83. The SMILES string of the molecule is O=C1NC(Cc2ccccn2)Nc2c1cnn2C1CCC(F)(F)CC1. The van der Waals surface area contributed by atoms with Crippen molar-refractivity contribution in [2.75, 3.05) is 5.32 Å². The number of fused-ring (bicyclic) bond motifs is 1. The van der Waals surface area contributed by atoms with E-state index >= 15 is 0 Å². The molecule has 1 unspecified atom stereocenters. The fourth-order valence-electron chi connectivity index (χ4n) is 3.49. The van der Waals surface area contributed by atoms with Crippen molar-refractivity contribution in [3.8, 4) is 0 Å². The van der Waals surface area contributed by atoms with Crippen LogP contribution < -0.4 is 10.6 Å². The minimum atomic E-state index is -2.59. The molecular weight excluding hydrogens is 328 g/mol. The van der Waals surface area contributed by atoms with Crippen molar-refractivity contribution < 1.29 is 13.6 Å². The minimum absolute atomic E-state index is 0.114. The molecule has 4 rings (SSSR count). The first-order valence-corrected chi connectivity index (χ1v) is 8.44. The van der Waals surface area contributed by atoms with Crippen LogP contribution in [0.15, 0.2) is 30.6 Å². The van der Waals surface area contributed by atoms with Crippen molar-refractivity contribution in [1.82, 2.24) is 20.1 Å². The summed E-state index contributed by atoms with van der Waals surface area (Å²) in [4.78, 5) is 16.6. The van der Waals surface area contributed by atoms with Gasteiger partial charge in [0.05, 0.1) is 12.2 Å². The van der Waals surface area contributed by atoms with Gasteiger partial charge in [0.1, 0.15) is 17.5 Å². The predicted octanol–water partition coefficient (Wildman–Crippen LogP) is 2.75. The highest BCUT2D eigenvalue weighted by Gasteiger charge is 2.38. The largest absolute Gasteiger partial charge is 0.349 e. The van der Waals surface area contributed by atoms with E-state index in [2.05, 4.69) is 20.7 Å². The highest BCUT2D eigenvalue weighted by molar-refractivity contribution is 6.00. The number of aromatic nitrogens is 3. The van der Waals surface area contributed by atoms with Gasteiger partial charge in [0, 0.05) is 31.2 Å². The molecule has 6 nitrogen and oxygen atoms in total. The lowest BCUT2D eigenvalue weighted by Gasteiger charge is -2.32. The van der Waals surface area contributed by atoms with Gasteiger partial charge in [-0.05, 0) is 25.0 Å². The molecular formula is C17H19F2N5O. The first-order valence-electron chi connectivity index (χ1n) is 8.44. The number of hydrogen-bond donors (Lipinski definition) is 2. The van der Waals surface area contributed by atoms with Gasteiger partial charge in [-0.25, -0.2) is 13.5 Å². The van der Waals surface area contributed by atoms with Crippen molar-refractivity contribution >= 4 is 11.7 Å². The molecule has 1 fully saturated rings. The van der Waals surface area contributed by atoms with Gasteiger partial charge in [-0.2, -0.15) is 5.10 Å². The number of alkyl halides is 2. The number of nitrogens with one attached hydrogen (secondary N) is 2.